The first kappa shape index (κ1) is 17.9. The van der Waals surface area contributed by atoms with Gasteiger partial charge in [0.15, 0.2) is 0 Å². The van der Waals surface area contributed by atoms with Crippen molar-refractivity contribution >= 4 is 5.91 Å². The topological polar surface area (TPSA) is 55.1 Å². The van der Waals surface area contributed by atoms with Crippen LogP contribution in [0.15, 0.2) is 53.1 Å². The van der Waals surface area contributed by atoms with Crippen LogP contribution in [0.4, 0.5) is 4.39 Å². The summed E-state index contributed by atoms with van der Waals surface area (Å²) in [5, 5.41) is 6.90. The third-order valence-electron chi connectivity index (χ3n) is 4.40. The van der Waals surface area contributed by atoms with Crippen molar-refractivity contribution in [3.05, 3.63) is 76.9 Å². The lowest BCUT2D eigenvalue weighted by Crippen LogP contribution is -2.25. The Balaban J connectivity index is 1.64. The Kier molecular flexibility index (Phi) is 5.46. The first-order valence-corrected chi connectivity index (χ1v) is 8.61. The van der Waals surface area contributed by atoms with Gasteiger partial charge in [0.2, 0.25) is 0 Å². The van der Waals surface area contributed by atoms with E-state index in [2.05, 4.69) is 10.5 Å². The highest BCUT2D eigenvalue weighted by molar-refractivity contribution is 6.00. The Bertz CT molecular complexity index is 881. The molecular weight excluding hydrogens is 331 g/mol. The Hall–Kier alpha value is -2.95. The standard InChI is InChI=1S/C21H21FN2O2/c1-14-18(15(2)26-24-14)8-5-13-23-21(25)20-7-4-3-6-19(20)16-9-11-17(22)12-10-16/h3-4,6-7,9-12H,5,8,13H2,1-2H3,(H,23,25). The first-order chi connectivity index (χ1) is 12.6. The second-order valence-electron chi connectivity index (χ2n) is 6.21. The highest BCUT2D eigenvalue weighted by Gasteiger charge is 2.13. The van der Waals surface area contributed by atoms with Crippen LogP contribution < -0.4 is 5.32 Å². The maximum absolute atomic E-state index is 13.1. The highest BCUT2D eigenvalue weighted by Crippen LogP contribution is 2.24. The van der Waals surface area contributed by atoms with Gasteiger partial charge in [0.25, 0.3) is 5.91 Å². The van der Waals surface area contributed by atoms with Crippen molar-refractivity contribution in [2.24, 2.45) is 0 Å². The summed E-state index contributed by atoms with van der Waals surface area (Å²) in [7, 11) is 0. The van der Waals surface area contributed by atoms with E-state index in [0.717, 1.165) is 41.0 Å². The molecule has 0 saturated carbocycles. The molecule has 1 heterocycles. The van der Waals surface area contributed by atoms with Crippen LogP contribution in [0.5, 0.6) is 0 Å². The summed E-state index contributed by atoms with van der Waals surface area (Å²) in [6.45, 7) is 4.37. The molecule has 1 N–H and O–H groups in total. The number of hydrogen-bond acceptors (Lipinski definition) is 3. The lowest BCUT2D eigenvalue weighted by molar-refractivity contribution is 0.0954. The molecule has 3 rings (SSSR count). The minimum Gasteiger partial charge on any atom is -0.361 e. The molecule has 2 aromatic carbocycles. The van der Waals surface area contributed by atoms with Crippen LogP contribution in [0.1, 0.15) is 33.8 Å². The molecule has 5 heteroatoms. The fraction of sp³-hybridized carbons (Fsp3) is 0.238. The second-order valence-corrected chi connectivity index (χ2v) is 6.21. The van der Waals surface area contributed by atoms with Crippen LogP contribution in [0.3, 0.4) is 0 Å². The molecule has 0 radical (unpaired) electrons. The van der Waals surface area contributed by atoms with E-state index < -0.39 is 0 Å². The minimum atomic E-state index is -0.296. The summed E-state index contributed by atoms with van der Waals surface area (Å²) < 4.78 is 18.3. The van der Waals surface area contributed by atoms with Gasteiger partial charge in [0, 0.05) is 17.7 Å². The Morgan fingerprint density at radius 3 is 2.54 bits per heavy atom. The van der Waals surface area contributed by atoms with Gasteiger partial charge in [0.05, 0.1) is 5.69 Å². The van der Waals surface area contributed by atoms with Crippen molar-refractivity contribution < 1.29 is 13.7 Å². The van der Waals surface area contributed by atoms with E-state index in [-0.39, 0.29) is 11.7 Å². The third-order valence-corrected chi connectivity index (χ3v) is 4.40. The smallest absolute Gasteiger partial charge is 0.251 e. The van der Waals surface area contributed by atoms with E-state index in [1.807, 2.05) is 32.0 Å². The molecule has 134 valence electrons. The number of aryl methyl sites for hydroxylation is 2. The Morgan fingerprint density at radius 2 is 1.85 bits per heavy atom. The fourth-order valence-corrected chi connectivity index (χ4v) is 2.98. The molecule has 4 nitrogen and oxygen atoms in total. The predicted molar refractivity (Wildman–Crippen MR) is 98.5 cm³/mol. The zero-order valence-electron chi connectivity index (χ0n) is 14.9. The number of amides is 1. The van der Waals surface area contributed by atoms with Gasteiger partial charge in [-0.3, -0.25) is 4.79 Å². The summed E-state index contributed by atoms with van der Waals surface area (Å²) >= 11 is 0. The number of nitrogens with one attached hydrogen (secondary N) is 1. The van der Waals surface area contributed by atoms with E-state index in [1.165, 1.54) is 12.1 Å². The van der Waals surface area contributed by atoms with Crippen LogP contribution in [0.2, 0.25) is 0 Å². The summed E-state index contributed by atoms with van der Waals surface area (Å²) in [6.07, 6.45) is 1.61. The maximum atomic E-state index is 13.1. The maximum Gasteiger partial charge on any atom is 0.251 e. The number of benzene rings is 2. The first-order valence-electron chi connectivity index (χ1n) is 8.61. The van der Waals surface area contributed by atoms with E-state index in [1.54, 1.807) is 18.2 Å². The van der Waals surface area contributed by atoms with E-state index in [9.17, 15) is 9.18 Å². The number of rotatable bonds is 6. The van der Waals surface area contributed by atoms with Gasteiger partial charge >= 0.3 is 0 Å². The second kappa shape index (κ2) is 7.95. The number of halogens is 1. The Morgan fingerprint density at radius 1 is 1.12 bits per heavy atom. The molecule has 0 spiro atoms. The zero-order chi connectivity index (χ0) is 18.5. The van der Waals surface area contributed by atoms with Crippen molar-refractivity contribution in [1.29, 1.82) is 0 Å². The van der Waals surface area contributed by atoms with Crippen LogP contribution in [0.25, 0.3) is 11.1 Å². The minimum absolute atomic E-state index is 0.135. The van der Waals surface area contributed by atoms with Gasteiger partial charge in [-0.2, -0.15) is 0 Å². The number of carbonyl (C=O) groups excluding carboxylic acids is 1. The van der Waals surface area contributed by atoms with Crippen molar-refractivity contribution in [1.82, 2.24) is 10.5 Å². The van der Waals surface area contributed by atoms with E-state index in [0.29, 0.717) is 12.1 Å². The van der Waals surface area contributed by atoms with Gasteiger partial charge in [-0.15, -0.1) is 0 Å². The van der Waals surface area contributed by atoms with E-state index in [4.69, 9.17) is 4.52 Å². The molecule has 0 aliphatic heterocycles. The molecule has 3 aromatic rings. The summed E-state index contributed by atoms with van der Waals surface area (Å²) in [5.41, 5.74) is 4.18. The van der Waals surface area contributed by atoms with Crippen molar-refractivity contribution in [2.75, 3.05) is 6.54 Å². The molecular formula is C21H21FN2O2. The molecule has 26 heavy (non-hydrogen) atoms. The van der Waals surface area contributed by atoms with Crippen LogP contribution >= 0.6 is 0 Å². The molecule has 0 atom stereocenters. The van der Waals surface area contributed by atoms with Crippen LogP contribution in [-0.2, 0) is 6.42 Å². The average molecular weight is 352 g/mol. The molecule has 0 aliphatic rings. The molecule has 0 aliphatic carbocycles. The van der Waals surface area contributed by atoms with Gasteiger partial charge in [0.1, 0.15) is 11.6 Å². The molecule has 0 bridgehead atoms. The SMILES string of the molecule is Cc1noc(C)c1CCCNC(=O)c1ccccc1-c1ccc(F)cc1. The van der Waals surface area contributed by atoms with Crippen LogP contribution in [0, 0.1) is 19.7 Å². The Labute approximate surface area is 152 Å². The summed E-state index contributed by atoms with van der Waals surface area (Å²) in [5.74, 6) is 0.397. The zero-order valence-corrected chi connectivity index (χ0v) is 14.9. The lowest BCUT2D eigenvalue weighted by atomic mass is 9.99. The fourth-order valence-electron chi connectivity index (χ4n) is 2.98. The molecule has 0 unspecified atom stereocenters. The van der Waals surface area contributed by atoms with Gasteiger partial charge < -0.3 is 9.84 Å². The molecule has 0 fully saturated rings. The number of carbonyl (C=O) groups is 1. The van der Waals surface area contributed by atoms with Crippen molar-refractivity contribution in [3.63, 3.8) is 0 Å². The largest absolute Gasteiger partial charge is 0.361 e. The van der Waals surface area contributed by atoms with E-state index >= 15 is 0 Å². The molecule has 1 amide bonds. The van der Waals surface area contributed by atoms with Crippen molar-refractivity contribution in [2.45, 2.75) is 26.7 Å². The number of nitrogens with zero attached hydrogens (tertiary/aromatic N) is 1. The summed E-state index contributed by atoms with van der Waals surface area (Å²) in [4.78, 5) is 12.6. The normalized spacial score (nSPS) is 10.7. The third kappa shape index (κ3) is 3.99. The average Bonchev–Trinajstić information content (AvgIpc) is 2.97. The van der Waals surface area contributed by atoms with Gasteiger partial charge in [-0.25, -0.2) is 4.39 Å². The quantitative estimate of drug-likeness (QED) is 0.666. The lowest BCUT2D eigenvalue weighted by Gasteiger charge is -2.10. The number of aromatic nitrogens is 1. The number of hydrogen-bond donors (Lipinski definition) is 1. The van der Waals surface area contributed by atoms with Gasteiger partial charge in [-0.1, -0.05) is 35.5 Å². The highest BCUT2D eigenvalue weighted by atomic mass is 19.1. The predicted octanol–water partition coefficient (Wildman–Crippen LogP) is 4.46. The monoisotopic (exact) mass is 352 g/mol. The van der Waals surface area contributed by atoms with Crippen LogP contribution in [-0.4, -0.2) is 17.6 Å². The molecule has 0 saturated heterocycles. The molecule has 1 aromatic heterocycles. The van der Waals surface area contributed by atoms with Crippen molar-refractivity contribution in [3.8, 4) is 11.1 Å². The summed E-state index contributed by atoms with van der Waals surface area (Å²) in [6, 6.07) is 13.5. The van der Waals surface area contributed by atoms with Gasteiger partial charge in [-0.05, 0) is 56.0 Å².